The fraction of sp³-hybridized carbons (Fsp3) is 0.393. The van der Waals surface area contributed by atoms with Crippen LogP contribution in [0.5, 0.6) is 0 Å². The predicted molar refractivity (Wildman–Crippen MR) is 140 cm³/mol. The van der Waals surface area contributed by atoms with Crippen molar-refractivity contribution in [2.75, 3.05) is 0 Å². The standard InChI is InChI=1S/C28H33N7O/c1-28(2,3)33-27(36)19-8-10-25(11-9-19)35-18-24(16-32-35)22-13-29-26(30-14-22)21-7-5-6-20(12-21)23-15-31-34(4)17-23/h5-7,12-19,25H,8-11H2,1-4H3,(H,33,36)/t19-,25-. The molecule has 0 atom stereocenters. The van der Waals surface area contributed by atoms with Gasteiger partial charge in [-0.3, -0.25) is 14.2 Å². The van der Waals surface area contributed by atoms with E-state index in [-0.39, 0.29) is 17.4 Å². The van der Waals surface area contributed by atoms with Gasteiger partial charge in [0.25, 0.3) is 0 Å². The third-order valence-electron chi connectivity index (χ3n) is 6.69. The van der Waals surface area contributed by atoms with E-state index in [1.807, 2.05) is 75.6 Å². The number of rotatable bonds is 5. The number of benzene rings is 1. The third-order valence-corrected chi connectivity index (χ3v) is 6.69. The van der Waals surface area contributed by atoms with Gasteiger partial charge >= 0.3 is 0 Å². The second-order valence-corrected chi connectivity index (χ2v) is 10.7. The first-order chi connectivity index (χ1) is 17.2. The van der Waals surface area contributed by atoms with Crippen LogP contribution in [0.25, 0.3) is 33.6 Å². The molecule has 0 unspecified atom stereocenters. The van der Waals surface area contributed by atoms with Gasteiger partial charge in [0.15, 0.2) is 5.82 Å². The fourth-order valence-electron chi connectivity index (χ4n) is 4.80. The zero-order chi connectivity index (χ0) is 25.3. The van der Waals surface area contributed by atoms with Gasteiger partial charge < -0.3 is 5.32 Å². The number of hydrogen-bond donors (Lipinski definition) is 1. The lowest BCUT2D eigenvalue weighted by atomic mass is 9.85. The molecule has 1 amide bonds. The monoisotopic (exact) mass is 483 g/mol. The van der Waals surface area contributed by atoms with Crippen LogP contribution in [0.4, 0.5) is 0 Å². The number of amides is 1. The normalized spacial score (nSPS) is 18.2. The van der Waals surface area contributed by atoms with E-state index in [2.05, 4.69) is 43.8 Å². The number of hydrogen-bond acceptors (Lipinski definition) is 5. The van der Waals surface area contributed by atoms with Crippen LogP contribution in [-0.2, 0) is 11.8 Å². The van der Waals surface area contributed by atoms with Gasteiger partial charge in [0.1, 0.15) is 0 Å². The second kappa shape index (κ2) is 9.68. The Labute approximate surface area is 211 Å². The number of carbonyl (C=O) groups is 1. The minimum absolute atomic E-state index is 0.0908. The molecule has 0 radical (unpaired) electrons. The van der Waals surface area contributed by atoms with Gasteiger partial charge in [-0.15, -0.1) is 0 Å². The smallest absolute Gasteiger partial charge is 0.223 e. The van der Waals surface area contributed by atoms with Crippen molar-refractivity contribution < 1.29 is 4.79 Å². The molecule has 0 saturated heterocycles. The first kappa shape index (κ1) is 23.9. The summed E-state index contributed by atoms with van der Waals surface area (Å²) in [6.45, 7) is 6.08. The molecule has 3 heterocycles. The highest BCUT2D eigenvalue weighted by Crippen LogP contribution is 2.33. The summed E-state index contributed by atoms with van der Waals surface area (Å²) < 4.78 is 3.83. The number of nitrogens with one attached hydrogen (secondary N) is 1. The summed E-state index contributed by atoms with van der Waals surface area (Å²) in [6, 6.07) is 8.49. The number of nitrogens with zero attached hydrogens (tertiary/aromatic N) is 6. The van der Waals surface area contributed by atoms with Gasteiger partial charge in [0.05, 0.1) is 18.4 Å². The largest absolute Gasteiger partial charge is 0.351 e. The van der Waals surface area contributed by atoms with Gasteiger partial charge in [-0.2, -0.15) is 10.2 Å². The summed E-state index contributed by atoms with van der Waals surface area (Å²) in [5.41, 5.74) is 4.85. The van der Waals surface area contributed by atoms with Crippen molar-refractivity contribution >= 4 is 5.91 Å². The molecule has 1 aliphatic carbocycles. The van der Waals surface area contributed by atoms with Crippen molar-refractivity contribution in [1.29, 1.82) is 0 Å². The van der Waals surface area contributed by atoms with E-state index in [0.29, 0.717) is 11.9 Å². The fourth-order valence-corrected chi connectivity index (χ4v) is 4.80. The van der Waals surface area contributed by atoms with Crippen LogP contribution in [0, 0.1) is 5.92 Å². The molecular formula is C28H33N7O. The Hall–Kier alpha value is -3.81. The van der Waals surface area contributed by atoms with Crippen LogP contribution < -0.4 is 5.32 Å². The predicted octanol–water partition coefficient (Wildman–Crippen LogP) is 5.05. The molecule has 5 rings (SSSR count). The Morgan fingerprint density at radius 3 is 2.19 bits per heavy atom. The summed E-state index contributed by atoms with van der Waals surface area (Å²) in [4.78, 5) is 21.8. The lowest BCUT2D eigenvalue weighted by Crippen LogP contribution is -2.44. The molecule has 1 fully saturated rings. The van der Waals surface area contributed by atoms with Gasteiger partial charge in [0.2, 0.25) is 5.91 Å². The molecule has 1 N–H and O–H groups in total. The Bertz CT molecular complexity index is 1340. The van der Waals surface area contributed by atoms with Crippen molar-refractivity contribution in [3.63, 3.8) is 0 Å². The van der Waals surface area contributed by atoms with Crippen LogP contribution in [0.1, 0.15) is 52.5 Å². The molecule has 0 aliphatic heterocycles. The average Bonchev–Trinajstić information content (AvgIpc) is 3.53. The summed E-state index contributed by atoms with van der Waals surface area (Å²) in [6.07, 6.45) is 15.2. The maximum Gasteiger partial charge on any atom is 0.223 e. The molecule has 0 bridgehead atoms. The van der Waals surface area contributed by atoms with E-state index in [1.165, 1.54) is 0 Å². The third kappa shape index (κ3) is 5.37. The lowest BCUT2D eigenvalue weighted by Gasteiger charge is -2.30. The highest BCUT2D eigenvalue weighted by Gasteiger charge is 2.29. The minimum Gasteiger partial charge on any atom is -0.351 e. The molecule has 8 heteroatoms. The first-order valence-corrected chi connectivity index (χ1v) is 12.5. The van der Waals surface area contributed by atoms with Gasteiger partial charge in [-0.1, -0.05) is 18.2 Å². The van der Waals surface area contributed by atoms with E-state index in [0.717, 1.165) is 53.5 Å². The molecule has 3 aromatic heterocycles. The minimum atomic E-state index is -0.190. The van der Waals surface area contributed by atoms with Crippen molar-refractivity contribution in [1.82, 2.24) is 34.8 Å². The molecule has 4 aromatic rings. The van der Waals surface area contributed by atoms with E-state index in [1.54, 1.807) is 4.68 Å². The molecule has 1 saturated carbocycles. The van der Waals surface area contributed by atoms with Crippen LogP contribution in [0.2, 0.25) is 0 Å². The van der Waals surface area contributed by atoms with Gasteiger partial charge in [-0.25, -0.2) is 9.97 Å². The SMILES string of the molecule is Cn1cc(-c2cccc(-c3ncc(-c4cnn([C@H]5CC[C@H](C(=O)NC(C)(C)C)CC5)c4)cn3)c2)cn1. The van der Waals surface area contributed by atoms with Crippen molar-refractivity contribution in [3.05, 3.63) is 61.4 Å². The van der Waals surface area contributed by atoms with Crippen molar-refractivity contribution in [2.24, 2.45) is 13.0 Å². The zero-order valence-corrected chi connectivity index (χ0v) is 21.3. The molecule has 0 spiro atoms. The van der Waals surface area contributed by atoms with Gasteiger partial charge in [0, 0.05) is 65.5 Å². The maximum atomic E-state index is 12.5. The van der Waals surface area contributed by atoms with E-state index in [9.17, 15) is 4.79 Å². The van der Waals surface area contributed by atoms with Crippen molar-refractivity contribution in [2.45, 2.75) is 58.0 Å². The topological polar surface area (TPSA) is 90.5 Å². The van der Waals surface area contributed by atoms with Crippen LogP contribution >= 0.6 is 0 Å². The average molecular weight is 484 g/mol. The molecule has 8 nitrogen and oxygen atoms in total. The van der Waals surface area contributed by atoms with Gasteiger partial charge in [-0.05, 0) is 58.1 Å². The maximum absolute atomic E-state index is 12.5. The zero-order valence-electron chi connectivity index (χ0n) is 21.3. The molecular weight excluding hydrogens is 450 g/mol. The Morgan fingerprint density at radius 1 is 0.861 bits per heavy atom. The quantitative estimate of drug-likeness (QED) is 0.429. The summed E-state index contributed by atoms with van der Waals surface area (Å²) in [7, 11) is 1.91. The molecule has 1 aromatic carbocycles. The Morgan fingerprint density at radius 2 is 1.53 bits per heavy atom. The highest BCUT2D eigenvalue weighted by molar-refractivity contribution is 5.79. The van der Waals surface area contributed by atoms with E-state index in [4.69, 9.17) is 0 Å². The number of aryl methyl sites for hydroxylation is 1. The molecule has 186 valence electrons. The second-order valence-electron chi connectivity index (χ2n) is 10.7. The number of carbonyl (C=O) groups excluding carboxylic acids is 1. The van der Waals surface area contributed by atoms with Crippen molar-refractivity contribution in [3.8, 4) is 33.6 Å². The van der Waals surface area contributed by atoms with Crippen LogP contribution in [0.15, 0.2) is 61.4 Å². The van der Waals surface area contributed by atoms with E-state index >= 15 is 0 Å². The molecule has 36 heavy (non-hydrogen) atoms. The lowest BCUT2D eigenvalue weighted by molar-refractivity contribution is -0.127. The summed E-state index contributed by atoms with van der Waals surface area (Å²) in [5.74, 6) is 0.946. The Balaban J connectivity index is 1.24. The Kier molecular flexibility index (Phi) is 6.43. The first-order valence-electron chi connectivity index (χ1n) is 12.5. The van der Waals surface area contributed by atoms with Crippen LogP contribution in [0.3, 0.4) is 0 Å². The molecule has 1 aliphatic rings. The summed E-state index contributed by atoms with van der Waals surface area (Å²) >= 11 is 0. The van der Waals surface area contributed by atoms with Crippen LogP contribution in [-0.4, -0.2) is 41.0 Å². The summed E-state index contributed by atoms with van der Waals surface area (Å²) in [5, 5.41) is 12.0. The van der Waals surface area contributed by atoms with E-state index < -0.39 is 0 Å². The highest BCUT2D eigenvalue weighted by atomic mass is 16.2. The number of aromatic nitrogens is 6.